The van der Waals surface area contributed by atoms with Gasteiger partial charge in [0.2, 0.25) is 5.89 Å². The number of halogens is 1. The highest BCUT2D eigenvalue weighted by Gasteiger charge is 2.19. The fourth-order valence-corrected chi connectivity index (χ4v) is 1.42. The lowest BCUT2D eigenvalue weighted by molar-refractivity contribution is 0.322. The number of aromatic nitrogens is 2. The summed E-state index contributed by atoms with van der Waals surface area (Å²) in [7, 11) is 0. The quantitative estimate of drug-likeness (QED) is 0.715. The molecule has 0 saturated carbocycles. The van der Waals surface area contributed by atoms with Crippen LogP contribution in [0.4, 0.5) is 0 Å². The molecule has 2 rings (SSSR count). The van der Waals surface area contributed by atoms with Crippen LogP contribution in [0.15, 0.2) is 10.9 Å². The Kier molecular flexibility index (Phi) is 3.49. The molecule has 1 saturated heterocycles. The van der Waals surface area contributed by atoms with Crippen molar-refractivity contribution in [2.45, 2.75) is 18.8 Å². The Hall–Kier alpha value is -0.610. The van der Waals surface area contributed by atoms with Gasteiger partial charge in [-0.15, -0.1) is 12.4 Å². The van der Waals surface area contributed by atoms with Crippen molar-refractivity contribution in [2.75, 3.05) is 13.1 Å². The van der Waals surface area contributed by atoms with Crippen LogP contribution >= 0.6 is 12.4 Å². The lowest BCUT2D eigenvalue weighted by Crippen LogP contribution is -2.28. The van der Waals surface area contributed by atoms with E-state index in [9.17, 15) is 0 Å². The van der Waals surface area contributed by atoms with Crippen LogP contribution in [0.3, 0.4) is 0 Å². The molecular formula is C7H12ClN3O. The molecule has 1 aromatic heterocycles. The summed E-state index contributed by atoms with van der Waals surface area (Å²) >= 11 is 0. The van der Waals surface area contributed by atoms with Gasteiger partial charge >= 0.3 is 0 Å². The summed E-state index contributed by atoms with van der Waals surface area (Å²) in [5, 5.41) is 6.88. The highest BCUT2D eigenvalue weighted by Crippen LogP contribution is 2.19. The molecule has 1 aliphatic heterocycles. The second kappa shape index (κ2) is 4.42. The lowest BCUT2D eigenvalue weighted by Gasteiger charge is -2.18. The second-order valence-electron chi connectivity index (χ2n) is 2.82. The third kappa shape index (κ3) is 1.95. The van der Waals surface area contributed by atoms with Crippen LogP contribution in [0, 0.1) is 0 Å². The smallest absolute Gasteiger partial charge is 0.230 e. The van der Waals surface area contributed by atoms with Gasteiger partial charge in [0.15, 0.2) is 6.33 Å². The number of nitrogens with zero attached hydrogens (tertiary/aromatic N) is 2. The highest BCUT2D eigenvalue weighted by atomic mass is 35.5. The fraction of sp³-hybridized carbons (Fsp3) is 0.714. The molecule has 0 amide bonds. The van der Waals surface area contributed by atoms with Crippen molar-refractivity contribution in [3.63, 3.8) is 0 Å². The summed E-state index contributed by atoms with van der Waals surface area (Å²) in [6.45, 7) is 2.09. The number of hydrogen-bond donors (Lipinski definition) is 1. The Labute approximate surface area is 77.1 Å². The van der Waals surface area contributed by atoms with Crippen LogP contribution in [0.5, 0.6) is 0 Å². The van der Waals surface area contributed by atoms with Crippen molar-refractivity contribution < 1.29 is 4.52 Å². The van der Waals surface area contributed by atoms with Crippen molar-refractivity contribution in [3.8, 4) is 0 Å². The van der Waals surface area contributed by atoms with Gasteiger partial charge in [-0.25, -0.2) is 0 Å². The average molecular weight is 190 g/mol. The average Bonchev–Trinajstić information content (AvgIpc) is 2.58. The van der Waals surface area contributed by atoms with Gasteiger partial charge in [0.05, 0.1) is 5.92 Å². The van der Waals surface area contributed by atoms with E-state index in [-0.39, 0.29) is 12.4 Å². The zero-order valence-corrected chi connectivity index (χ0v) is 7.51. The molecule has 0 aromatic carbocycles. The number of hydrogen-bond acceptors (Lipinski definition) is 4. The number of nitrogens with one attached hydrogen (secondary N) is 1. The Morgan fingerprint density at radius 2 is 2.50 bits per heavy atom. The molecule has 0 bridgehead atoms. The van der Waals surface area contributed by atoms with Gasteiger partial charge < -0.3 is 9.84 Å². The normalized spacial score (nSPS) is 23.2. The molecule has 1 unspecified atom stereocenters. The van der Waals surface area contributed by atoms with E-state index in [0.717, 1.165) is 25.4 Å². The molecule has 1 aromatic rings. The van der Waals surface area contributed by atoms with Crippen molar-refractivity contribution in [1.29, 1.82) is 0 Å². The zero-order valence-electron chi connectivity index (χ0n) is 6.69. The maximum atomic E-state index is 4.97. The Bertz CT molecular complexity index is 208. The third-order valence-corrected chi connectivity index (χ3v) is 2.02. The van der Waals surface area contributed by atoms with E-state index in [2.05, 4.69) is 15.5 Å². The molecule has 1 aliphatic rings. The van der Waals surface area contributed by atoms with Gasteiger partial charge in [-0.2, -0.15) is 4.98 Å². The first-order valence-electron chi connectivity index (χ1n) is 3.94. The summed E-state index contributed by atoms with van der Waals surface area (Å²) in [5.41, 5.74) is 0. The molecule has 2 heterocycles. The van der Waals surface area contributed by atoms with E-state index in [0.29, 0.717) is 5.92 Å². The van der Waals surface area contributed by atoms with E-state index in [1.807, 2.05) is 0 Å². The minimum Gasteiger partial charge on any atom is -0.339 e. The van der Waals surface area contributed by atoms with Gasteiger partial charge in [0, 0.05) is 6.54 Å². The molecule has 1 fully saturated rings. The van der Waals surface area contributed by atoms with Crippen LogP contribution in [-0.4, -0.2) is 23.2 Å². The number of piperidine rings is 1. The van der Waals surface area contributed by atoms with Gasteiger partial charge in [-0.1, -0.05) is 5.16 Å². The molecule has 0 radical (unpaired) electrons. The van der Waals surface area contributed by atoms with Crippen LogP contribution in [0.2, 0.25) is 0 Å². The minimum absolute atomic E-state index is 0. The van der Waals surface area contributed by atoms with Crippen LogP contribution in [0.25, 0.3) is 0 Å². The zero-order chi connectivity index (χ0) is 7.52. The molecule has 4 nitrogen and oxygen atoms in total. The molecule has 1 N–H and O–H groups in total. The molecule has 5 heteroatoms. The third-order valence-electron chi connectivity index (χ3n) is 2.02. The summed E-state index contributed by atoms with van der Waals surface area (Å²) in [6, 6.07) is 0. The Morgan fingerprint density at radius 3 is 3.08 bits per heavy atom. The summed E-state index contributed by atoms with van der Waals surface area (Å²) in [6.07, 6.45) is 3.83. The van der Waals surface area contributed by atoms with Crippen molar-refractivity contribution in [3.05, 3.63) is 12.2 Å². The topological polar surface area (TPSA) is 51.0 Å². The molecule has 12 heavy (non-hydrogen) atoms. The van der Waals surface area contributed by atoms with E-state index in [1.54, 1.807) is 0 Å². The highest BCUT2D eigenvalue weighted by molar-refractivity contribution is 5.85. The van der Waals surface area contributed by atoms with E-state index in [4.69, 9.17) is 4.52 Å². The van der Waals surface area contributed by atoms with E-state index < -0.39 is 0 Å². The molecule has 68 valence electrons. The largest absolute Gasteiger partial charge is 0.339 e. The molecule has 0 spiro atoms. The van der Waals surface area contributed by atoms with Gasteiger partial charge in [0.25, 0.3) is 0 Å². The first kappa shape index (κ1) is 9.48. The van der Waals surface area contributed by atoms with Crippen LogP contribution in [0.1, 0.15) is 24.7 Å². The Balaban J connectivity index is 0.000000720. The molecule has 1 atom stereocenters. The molecular weight excluding hydrogens is 178 g/mol. The lowest BCUT2D eigenvalue weighted by atomic mass is 10.00. The first-order chi connectivity index (χ1) is 5.47. The van der Waals surface area contributed by atoms with Gasteiger partial charge in [-0.3, -0.25) is 0 Å². The fourth-order valence-electron chi connectivity index (χ4n) is 1.42. The maximum absolute atomic E-state index is 4.97. The van der Waals surface area contributed by atoms with Crippen molar-refractivity contribution in [2.24, 2.45) is 0 Å². The second-order valence-corrected chi connectivity index (χ2v) is 2.82. The predicted octanol–water partition coefficient (Wildman–Crippen LogP) is 0.958. The van der Waals surface area contributed by atoms with Crippen molar-refractivity contribution in [1.82, 2.24) is 15.5 Å². The minimum atomic E-state index is 0. The molecule has 0 aliphatic carbocycles. The summed E-state index contributed by atoms with van der Waals surface area (Å²) < 4.78 is 4.97. The van der Waals surface area contributed by atoms with Gasteiger partial charge in [0.1, 0.15) is 0 Å². The Morgan fingerprint density at radius 1 is 1.58 bits per heavy atom. The van der Waals surface area contributed by atoms with E-state index in [1.165, 1.54) is 12.7 Å². The van der Waals surface area contributed by atoms with Gasteiger partial charge in [-0.05, 0) is 19.4 Å². The predicted molar refractivity (Wildman–Crippen MR) is 46.4 cm³/mol. The summed E-state index contributed by atoms with van der Waals surface area (Å²) in [5.74, 6) is 1.21. The van der Waals surface area contributed by atoms with Crippen LogP contribution in [-0.2, 0) is 0 Å². The summed E-state index contributed by atoms with van der Waals surface area (Å²) in [4.78, 5) is 4.02. The maximum Gasteiger partial charge on any atom is 0.230 e. The number of rotatable bonds is 1. The van der Waals surface area contributed by atoms with Crippen LogP contribution < -0.4 is 5.32 Å². The van der Waals surface area contributed by atoms with E-state index >= 15 is 0 Å². The monoisotopic (exact) mass is 189 g/mol. The van der Waals surface area contributed by atoms with Crippen molar-refractivity contribution >= 4 is 12.4 Å². The first-order valence-corrected chi connectivity index (χ1v) is 3.94. The SMILES string of the molecule is Cl.c1noc(C2CCCNC2)n1. The standard InChI is InChI=1S/C7H11N3O.ClH/c1-2-6(4-8-3-1)7-9-5-10-11-7;/h5-6,8H,1-4H2;1H.